The summed E-state index contributed by atoms with van der Waals surface area (Å²) >= 11 is 0. The molecule has 1 rings (SSSR count). The quantitative estimate of drug-likeness (QED) is 0.685. The summed E-state index contributed by atoms with van der Waals surface area (Å²) in [5, 5.41) is 13.9. The van der Waals surface area contributed by atoms with Crippen molar-refractivity contribution in [3.05, 3.63) is 0 Å². The minimum absolute atomic E-state index is 0.423. The molecule has 2 N–H and O–H groups in total. The van der Waals surface area contributed by atoms with Crippen LogP contribution in [0, 0.1) is 0 Å². The van der Waals surface area contributed by atoms with Crippen LogP contribution in [0.4, 0.5) is 0 Å². The van der Waals surface area contributed by atoms with E-state index in [9.17, 15) is 5.11 Å². The van der Waals surface area contributed by atoms with Crippen LogP contribution in [0.15, 0.2) is 0 Å². The van der Waals surface area contributed by atoms with Crippen LogP contribution in [-0.2, 0) is 4.74 Å². The van der Waals surface area contributed by atoms with Crippen molar-refractivity contribution in [3.8, 4) is 0 Å². The van der Waals surface area contributed by atoms with Crippen molar-refractivity contribution in [1.82, 2.24) is 5.32 Å². The smallest absolute Gasteiger partial charge is 0.0771 e. The molecular formula is C13H27NO2. The predicted molar refractivity (Wildman–Crippen MR) is 66.6 cm³/mol. The molecule has 1 unspecified atom stereocenters. The highest BCUT2D eigenvalue weighted by Gasteiger charge is 2.27. The fraction of sp³-hybridized carbons (Fsp3) is 1.00. The normalized spacial score (nSPS) is 22.7. The Morgan fingerprint density at radius 2 is 1.88 bits per heavy atom. The maximum atomic E-state index is 10.4. The molecule has 0 aromatic heterocycles. The monoisotopic (exact) mass is 229 g/mol. The second-order valence-electron chi connectivity index (χ2n) is 5.20. The molecular weight excluding hydrogens is 202 g/mol. The van der Waals surface area contributed by atoms with E-state index in [0.29, 0.717) is 6.04 Å². The topological polar surface area (TPSA) is 41.5 Å². The SMILES string of the molecule is COCCC(C)NCC1(O)CCCCCC1. The van der Waals surface area contributed by atoms with Crippen molar-refractivity contribution in [3.63, 3.8) is 0 Å². The van der Waals surface area contributed by atoms with Crippen molar-refractivity contribution in [2.75, 3.05) is 20.3 Å². The molecule has 1 aliphatic carbocycles. The van der Waals surface area contributed by atoms with Crippen LogP contribution in [0.5, 0.6) is 0 Å². The predicted octanol–water partition coefficient (Wildman–Crippen LogP) is 2.09. The highest BCUT2D eigenvalue weighted by molar-refractivity contribution is 4.84. The van der Waals surface area contributed by atoms with Crippen molar-refractivity contribution in [2.24, 2.45) is 0 Å². The Balaban J connectivity index is 2.23. The third kappa shape index (κ3) is 5.28. The van der Waals surface area contributed by atoms with Gasteiger partial charge in [-0.3, -0.25) is 0 Å². The fourth-order valence-corrected chi connectivity index (χ4v) is 2.32. The first-order valence-corrected chi connectivity index (χ1v) is 6.61. The van der Waals surface area contributed by atoms with Crippen molar-refractivity contribution >= 4 is 0 Å². The van der Waals surface area contributed by atoms with E-state index in [1.165, 1.54) is 25.7 Å². The lowest BCUT2D eigenvalue weighted by molar-refractivity contribution is 0.0222. The van der Waals surface area contributed by atoms with Crippen LogP contribution in [0.2, 0.25) is 0 Å². The standard InChI is InChI=1S/C13H27NO2/c1-12(7-10-16-2)14-11-13(15)8-5-3-4-6-9-13/h12,14-15H,3-11H2,1-2H3. The first kappa shape index (κ1) is 13.9. The fourth-order valence-electron chi connectivity index (χ4n) is 2.32. The van der Waals surface area contributed by atoms with Gasteiger partial charge >= 0.3 is 0 Å². The third-order valence-electron chi connectivity index (χ3n) is 3.57. The molecule has 0 aromatic rings. The number of hydrogen-bond acceptors (Lipinski definition) is 3. The van der Waals surface area contributed by atoms with Crippen molar-refractivity contribution in [2.45, 2.75) is 63.5 Å². The first-order chi connectivity index (χ1) is 7.66. The molecule has 0 amide bonds. The van der Waals surface area contributed by atoms with Crippen molar-refractivity contribution < 1.29 is 9.84 Å². The summed E-state index contributed by atoms with van der Waals surface area (Å²) in [7, 11) is 1.73. The molecule has 1 saturated carbocycles. The zero-order valence-electron chi connectivity index (χ0n) is 10.8. The summed E-state index contributed by atoms with van der Waals surface area (Å²) in [6, 6.07) is 0.423. The number of ether oxygens (including phenoxy) is 1. The zero-order chi connectivity index (χ0) is 11.9. The summed E-state index contributed by atoms with van der Waals surface area (Å²) in [4.78, 5) is 0. The highest BCUT2D eigenvalue weighted by Crippen LogP contribution is 2.26. The van der Waals surface area contributed by atoms with Crippen LogP contribution >= 0.6 is 0 Å². The van der Waals surface area contributed by atoms with Gasteiger partial charge in [0.2, 0.25) is 0 Å². The number of rotatable bonds is 6. The Bertz CT molecular complexity index is 177. The van der Waals surface area contributed by atoms with Gasteiger partial charge in [-0.05, 0) is 26.2 Å². The van der Waals surface area contributed by atoms with E-state index in [2.05, 4.69) is 12.2 Å². The van der Waals surface area contributed by atoms with E-state index in [4.69, 9.17) is 4.74 Å². The average Bonchev–Trinajstić information content (AvgIpc) is 2.49. The molecule has 3 heteroatoms. The van der Waals surface area contributed by atoms with Crippen LogP contribution in [0.25, 0.3) is 0 Å². The molecule has 0 heterocycles. The maximum absolute atomic E-state index is 10.4. The van der Waals surface area contributed by atoms with Crippen LogP contribution in [-0.4, -0.2) is 37.0 Å². The maximum Gasteiger partial charge on any atom is 0.0771 e. The molecule has 0 aliphatic heterocycles. The molecule has 0 radical (unpaired) electrons. The van der Waals surface area contributed by atoms with Crippen LogP contribution < -0.4 is 5.32 Å². The third-order valence-corrected chi connectivity index (χ3v) is 3.57. The largest absolute Gasteiger partial charge is 0.389 e. The number of aliphatic hydroxyl groups is 1. The number of methoxy groups -OCH3 is 1. The van der Waals surface area contributed by atoms with Gasteiger partial charge in [0.1, 0.15) is 0 Å². The lowest BCUT2D eigenvalue weighted by Gasteiger charge is -2.28. The molecule has 0 saturated heterocycles. The minimum Gasteiger partial charge on any atom is -0.389 e. The van der Waals surface area contributed by atoms with E-state index in [1.807, 2.05) is 0 Å². The molecule has 1 aliphatic rings. The van der Waals surface area contributed by atoms with Crippen LogP contribution in [0.3, 0.4) is 0 Å². The molecule has 16 heavy (non-hydrogen) atoms. The molecule has 96 valence electrons. The lowest BCUT2D eigenvalue weighted by atomic mass is 9.94. The van der Waals surface area contributed by atoms with Gasteiger partial charge in [0.25, 0.3) is 0 Å². The first-order valence-electron chi connectivity index (χ1n) is 6.61. The van der Waals surface area contributed by atoms with Gasteiger partial charge in [0, 0.05) is 26.3 Å². The van der Waals surface area contributed by atoms with Gasteiger partial charge in [-0.1, -0.05) is 25.7 Å². The second kappa shape index (κ2) is 7.25. The van der Waals surface area contributed by atoms with E-state index < -0.39 is 5.60 Å². The lowest BCUT2D eigenvalue weighted by Crippen LogP contribution is -2.43. The van der Waals surface area contributed by atoms with Crippen molar-refractivity contribution in [1.29, 1.82) is 0 Å². The van der Waals surface area contributed by atoms with E-state index >= 15 is 0 Å². The van der Waals surface area contributed by atoms with E-state index in [1.54, 1.807) is 7.11 Å². The second-order valence-corrected chi connectivity index (χ2v) is 5.20. The number of nitrogens with one attached hydrogen (secondary N) is 1. The molecule has 0 spiro atoms. The molecule has 1 atom stereocenters. The van der Waals surface area contributed by atoms with Crippen LogP contribution in [0.1, 0.15) is 51.9 Å². The van der Waals surface area contributed by atoms with Gasteiger partial charge in [-0.25, -0.2) is 0 Å². The number of hydrogen-bond donors (Lipinski definition) is 2. The Morgan fingerprint density at radius 1 is 1.25 bits per heavy atom. The minimum atomic E-state index is -0.460. The average molecular weight is 229 g/mol. The molecule has 1 fully saturated rings. The summed E-state index contributed by atoms with van der Waals surface area (Å²) < 4.78 is 5.05. The highest BCUT2D eigenvalue weighted by atomic mass is 16.5. The van der Waals surface area contributed by atoms with Gasteiger partial charge in [-0.15, -0.1) is 0 Å². The van der Waals surface area contributed by atoms with Gasteiger partial charge in [0.05, 0.1) is 5.60 Å². The molecule has 0 bridgehead atoms. The Kier molecular flexibility index (Phi) is 6.32. The van der Waals surface area contributed by atoms with Gasteiger partial charge in [0.15, 0.2) is 0 Å². The Labute approximate surface area is 99.6 Å². The van der Waals surface area contributed by atoms with E-state index in [0.717, 1.165) is 32.4 Å². The van der Waals surface area contributed by atoms with Gasteiger partial charge in [-0.2, -0.15) is 0 Å². The summed E-state index contributed by atoms with van der Waals surface area (Å²) in [6.07, 6.45) is 7.82. The summed E-state index contributed by atoms with van der Waals surface area (Å²) in [5.41, 5.74) is -0.460. The molecule has 0 aromatic carbocycles. The molecule has 3 nitrogen and oxygen atoms in total. The Hall–Kier alpha value is -0.120. The van der Waals surface area contributed by atoms with Gasteiger partial charge < -0.3 is 15.2 Å². The van der Waals surface area contributed by atoms with E-state index in [-0.39, 0.29) is 0 Å². The summed E-state index contributed by atoms with van der Waals surface area (Å²) in [6.45, 7) is 3.67. The zero-order valence-corrected chi connectivity index (χ0v) is 10.8. The Morgan fingerprint density at radius 3 is 2.44 bits per heavy atom. The summed E-state index contributed by atoms with van der Waals surface area (Å²) in [5.74, 6) is 0.